The molecule has 1 aliphatic rings. The number of rotatable bonds is 5. The van der Waals surface area contributed by atoms with Gasteiger partial charge in [-0.3, -0.25) is 14.5 Å². The van der Waals surface area contributed by atoms with E-state index in [1.165, 1.54) is 0 Å². The van der Waals surface area contributed by atoms with Crippen LogP contribution in [0.1, 0.15) is 31.0 Å². The standard InChI is InChI=1S/C21H26N6O/c1-3-27-19-18(15(2)25-27)6-11-23-20(19)26-12-7-17(8-13-26)21(28)24-14-16-4-9-22-10-5-16/h4-6,9-11,17H,3,7-8,12-14H2,1-2H3,(H,24,28). The van der Waals surface area contributed by atoms with Gasteiger partial charge in [-0.15, -0.1) is 0 Å². The van der Waals surface area contributed by atoms with Crippen molar-refractivity contribution in [2.45, 2.75) is 39.8 Å². The molecule has 4 heterocycles. The van der Waals surface area contributed by atoms with Crippen LogP contribution in [0.3, 0.4) is 0 Å². The van der Waals surface area contributed by atoms with Gasteiger partial charge in [0.05, 0.1) is 5.69 Å². The van der Waals surface area contributed by atoms with Crippen LogP contribution in [0, 0.1) is 12.8 Å². The fourth-order valence-electron chi connectivity index (χ4n) is 3.92. The first kappa shape index (κ1) is 18.4. The second-order valence-electron chi connectivity index (χ2n) is 7.27. The summed E-state index contributed by atoms with van der Waals surface area (Å²) in [5.41, 5.74) is 3.20. The van der Waals surface area contributed by atoms with Gasteiger partial charge in [-0.2, -0.15) is 5.10 Å². The average Bonchev–Trinajstić information content (AvgIpc) is 3.09. The number of nitrogens with one attached hydrogen (secondary N) is 1. The van der Waals surface area contributed by atoms with Gasteiger partial charge in [0.15, 0.2) is 5.82 Å². The number of pyridine rings is 2. The summed E-state index contributed by atoms with van der Waals surface area (Å²) in [6.07, 6.45) is 7.02. The number of aromatic nitrogens is 4. The lowest BCUT2D eigenvalue weighted by molar-refractivity contribution is -0.125. The number of anilines is 1. The average molecular weight is 378 g/mol. The first-order chi connectivity index (χ1) is 13.7. The lowest BCUT2D eigenvalue weighted by Gasteiger charge is -2.32. The summed E-state index contributed by atoms with van der Waals surface area (Å²) < 4.78 is 2.03. The minimum atomic E-state index is 0.0510. The lowest BCUT2D eigenvalue weighted by atomic mass is 9.95. The van der Waals surface area contributed by atoms with Crippen LogP contribution in [-0.2, 0) is 17.9 Å². The van der Waals surface area contributed by atoms with E-state index >= 15 is 0 Å². The summed E-state index contributed by atoms with van der Waals surface area (Å²) in [4.78, 5) is 23.5. The molecule has 1 amide bonds. The third kappa shape index (κ3) is 3.56. The molecule has 0 radical (unpaired) electrons. The molecule has 1 N–H and O–H groups in total. The van der Waals surface area contributed by atoms with Crippen molar-refractivity contribution in [3.63, 3.8) is 0 Å². The maximum atomic E-state index is 12.6. The van der Waals surface area contributed by atoms with Crippen LogP contribution in [0.4, 0.5) is 5.82 Å². The smallest absolute Gasteiger partial charge is 0.223 e. The minimum Gasteiger partial charge on any atom is -0.355 e. The molecule has 0 aromatic carbocycles. The number of nitrogens with zero attached hydrogens (tertiary/aromatic N) is 5. The summed E-state index contributed by atoms with van der Waals surface area (Å²) >= 11 is 0. The molecule has 1 fully saturated rings. The molecular formula is C21H26N6O. The first-order valence-corrected chi connectivity index (χ1v) is 9.91. The summed E-state index contributed by atoms with van der Waals surface area (Å²) in [7, 11) is 0. The zero-order valence-corrected chi connectivity index (χ0v) is 16.4. The van der Waals surface area contributed by atoms with E-state index < -0.39 is 0 Å². The number of hydrogen-bond acceptors (Lipinski definition) is 5. The Kier molecular flexibility index (Phi) is 5.23. The van der Waals surface area contributed by atoms with Crippen LogP contribution < -0.4 is 10.2 Å². The molecule has 0 aliphatic carbocycles. The van der Waals surface area contributed by atoms with Crippen molar-refractivity contribution in [2.75, 3.05) is 18.0 Å². The normalized spacial score (nSPS) is 15.1. The van der Waals surface area contributed by atoms with Crippen LogP contribution in [0.25, 0.3) is 10.9 Å². The van der Waals surface area contributed by atoms with E-state index in [4.69, 9.17) is 0 Å². The van der Waals surface area contributed by atoms with Gasteiger partial charge in [-0.05, 0) is 50.5 Å². The predicted octanol–water partition coefficient (Wildman–Crippen LogP) is 2.69. The van der Waals surface area contributed by atoms with Crippen molar-refractivity contribution < 1.29 is 4.79 Å². The molecule has 4 rings (SSSR count). The second kappa shape index (κ2) is 7.96. The molecule has 0 unspecified atom stereocenters. The van der Waals surface area contributed by atoms with E-state index in [0.29, 0.717) is 6.54 Å². The number of amides is 1. The van der Waals surface area contributed by atoms with Crippen molar-refractivity contribution in [3.05, 3.63) is 48.0 Å². The highest BCUT2D eigenvalue weighted by atomic mass is 16.1. The van der Waals surface area contributed by atoms with Crippen molar-refractivity contribution in [2.24, 2.45) is 5.92 Å². The Morgan fingerprint density at radius 1 is 1.18 bits per heavy atom. The monoisotopic (exact) mass is 378 g/mol. The highest BCUT2D eigenvalue weighted by molar-refractivity contribution is 5.91. The van der Waals surface area contributed by atoms with Crippen LogP contribution in [0.5, 0.6) is 0 Å². The lowest BCUT2D eigenvalue weighted by Crippen LogP contribution is -2.40. The zero-order valence-electron chi connectivity index (χ0n) is 16.4. The van der Waals surface area contributed by atoms with Crippen LogP contribution in [0.15, 0.2) is 36.8 Å². The van der Waals surface area contributed by atoms with E-state index in [9.17, 15) is 4.79 Å². The van der Waals surface area contributed by atoms with Crippen molar-refractivity contribution >= 4 is 22.6 Å². The van der Waals surface area contributed by atoms with Gasteiger partial charge in [0.2, 0.25) is 5.91 Å². The maximum absolute atomic E-state index is 12.6. The largest absolute Gasteiger partial charge is 0.355 e. The highest BCUT2D eigenvalue weighted by Crippen LogP contribution is 2.30. The van der Waals surface area contributed by atoms with Gasteiger partial charge in [-0.25, -0.2) is 4.98 Å². The van der Waals surface area contributed by atoms with Gasteiger partial charge in [0.1, 0.15) is 5.52 Å². The van der Waals surface area contributed by atoms with Gasteiger partial charge >= 0.3 is 0 Å². The molecular weight excluding hydrogens is 352 g/mol. The maximum Gasteiger partial charge on any atom is 0.223 e. The quantitative estimate of drug-likeness (QED) is 0.739. The van der Waals surface area contributed by atoms with Gasteiger partial charge in [0.25, 0.3) is 0 Å². The molecule has 1 saturated heterocycles. The summed E-state index contributed by atoms with van der Waals surface area (Å²) in [5.74, 6) is 1.17. The molecule has 146 valence electrons. The molecule has 7 heteroatoms. The van der Waals surface area contributed by atoms with E-state index in [-0.39, 0.29) is 11.8 Å². The minimum absolute atomic E-state index is 0.0510. The third-order valence-corrected chi connectivity index (χ3v) is 5.50. The molecule has 7 nitrogen and oxygen atoms in total. The Hall–Kier alpha value is -2.96. The molecule has 0 bridgehead atoms. The molecule has 28 heavy (non-hydrogen) atoms. The Morgan fingerprint density at radius 3 is 2.64 bits per heavy atom. The van der Waals surface area contributed by atoms with E-state index in [1.807, 2.05) is 36.0 Å². The van der Waals surface area contributed by atoms with E-state index in [2.05, 4.69) is 32.2 Å². The highest BCUT2D eigenvalue weighted by Gasteiger charge is 2.27. The zero-order chi connectivity index (χ0) is 19.5. The van der Waals surface area contributed by atoms with Crippen molar-refractivity contribution in [1.82, 2.24) is 25.1 Å². The molecule has 0 spiro atoms. The summed E-state index contributed by atoms with van der Waals surface area (Å²) in [6, 6.07) is 5.88. The van der Waals surface area contributed by atoms with Gasteiger partial charge in [-0.1, -0.05) is 0 Å². The number of carbonyl (C=O) groups excluding carboxylic acids is 1. The molecule has 3 aromatic rings. The van der Waals surface area contributed by atoms with Gasteiger partial charge in [0, 0.05) is 56.1 Å². The first-order valence-electron chi connectivity index (χ1n) is 9.91. The number of aryl methyl sites for hydroxylation is 2. The van der Waals surface area contributed by atoms with Crippen LogP contribution >= 0.6 is 0 Å². The third-order valence-electron chi connectivity index (χ3n) is 5.50. The fraction of sp³-hybridized carbons (Fsp3) is 0.429. The molecule has 3 aromatic heterocycles. The van der Waals surface area contributed by atoms with E-state index in [0.717, 1.165) is 60.5 Å². The topological polar surface area (TPSA) is 75.9 Å². The summed E-state index contributed by atoms with van der Waals surface area (Å²) in [6.45, 7) is 7.16. The Morgan fingerprint density at radius 2 is 1.93 bits per heavy atom. The number of carbonyl (C=O) groups is 1. The number of hydrogen-bond donors (Lipinski definition) is 1. The van der Waals surface area contributed by atoms with Crippen molar-refractivity contribution in [1.29, 1.82) is 0 Å². The molecule has 1 aliphatic heterocycles. The fourth-order valence-corrected chi connectivity index (χ4v) is 3.92. The SMILES string of the molecule is CCn1nc(C)c2ccnc(N3CCC(C(=O)NCc4ccncc4)CC3)c21. The molecule has 0 saturated carbocycles. The summed E-state index contributed by atoms with van der Waals surface area (Å²) in [5, 5.41) is 8.86. The predicted molar refractivity (Wildman–Crippen MR) is 109 cm³/mol. The van der Waals surface area contributed by atoms with E-state index in [1.54, 1.807) is 12.4 Å². The van der Waals surface area contributed by atoms with Crippen molar-refractivity contribution in [3.8, 4) is 0 Å². The van der Waals surface area contributed by atoms with Gasteiger partial charge < -0.3 is 10.2 Å². The van der Waals surface area contributed by atoms with Crippen LogP contribution in [-0.4, -0.2) is 38.7 Å². The molecule has 0 atom stereocenters. The Labute approximate surface area is 164 Å². The Bertz CT molecular complexity index is 960. The number of fused-ring (bicyclic) bond motifs is 1. The number of piperidine rings is 1. The van der Waals surface area contributed by atoms with Crippen LogP contribution in [0.2, 0.25) is 0 Å². The Balaban J connectivity index is 1.42. The second-order valence-corrected chi connectivity index (χ2v) is 7.27.